The smallest absolute Gasteiger partial charge is 0.306 e. The van der Waals surface area contributed by atoms with Crippen molar-refractivity contribution in [3.8, 4) is 22.6 Å². The van der Waals surface area contributed by atoms with Gasteiger partial charge in [0.25, 0.3) is 0 Å². The Bertz CT molecular complexity index is 1210. The lowest BCUT2D eigenvalue weighted by molar-refractivity contribution is -0.140. The van der Waals surface area contributed by atoms with Gasteiger partial charge in [-0.25, -0.2) is 4.39 Å². The summed E-state index contributed by atoms with van der Waals surface area (Å²) < 4.78 is 31.2. The van der Waals surface area contributed by atoms with Crippen molar-refractivity contribution < 1.29 is 23.4 Å². The number of ether oxygens (including phenoxy) is 3. The number of hydrogen-bond donors (Lipinski definition) is 0. The molecule has 0 radical (unpaired) electrons. The van der Waals surface area contributed by atoms with E-state index in [2.05, 4.69) is 11.0 Å². The lowest BCUT2D eigenvalue weighted by Gasteiger charge is -2.27. The van der Waals surface area contributed by atoms with Gasteiger partial charge in [-0.3, -0.25) is 9.69 Å². The molecule has 0 saturated carbocycles. The molecule has 0 bridgehead atoms. The number of rotatable bonds is 10. The summed E-state index contributed by atoms with van der Waals surface area (Å²) >= 11 is 0. The standard InChI is InChI=1S/C31H36FNO4/c1-22(16-31(34)36-3)24-8-7-9-27(18-24)37-21-23-10-12-28(29-19-26(35-2)11-13-30(29)32)25(17-23)20-33-14-5-4-6-15-33/h7-13,17-19,22H,4-6,14-16,20-21H2,1-3H3/t22-/m1/s1. The Hall–Kier alpha value is -3.38. The van der Waals surface area contributed by atoms with Crippen molar-refractivity contribution in [2.75, 3.05) is 27.3 Å². The number of likely N-dealkylation sites (tertiary alicyclic amines) is 1. The summed E-state index contributed by atoms with van der Waals surface area (Å²) in [5, 5.41) is 0. The fourth-order valence-electron chi connectivity index (χ4n) is 4.86. The quantitative estimate of drug-likeness (QED) is 0.286. The van der Waals surface area contributed by atoms with Crippen LogP contribution in [0.1, 0.15) is 55.2 Å². The van der Waals surface area contributed by atoms with E-state index in [4.69, 9.17) is 14.2 Å². The van der Waals surface area contributed by atoms with Crippen molar-refractivity contribution in [3.63, 3.8) is 0 Å². The summed E-state index contributed by atoms with van der Waals surface area (Å²) in [5.74, 6) is 0.920. The third-order valence-corrected chi connectivity index (χ3v) is 7.01. The van der Waals surface area contributed by atoms with Crippen LogP contribution in [0.4, 0.5) is 4.39 Å². The Morgan fingerprint density at radius 3 is 2.51 bits per heavy atom. The van der Waals surface area contributed by atoms with Crippen LogP contribution in [-0.4, -0.2) is 38.2 Å². The number of esters is 1. The monoisotopic (exact) mass is 505 g/mol. The first kappa shape index (κ1) is 26.7. The summed E-state index contributed by atoms with van der Waals surface area (Å²) in [6.45, 7) is 5.26. The van der Waals surface area contributed by atoms with E-state index in [1.54, 1.807) is 19.2 Å². The highest BCUT2D eigenvalue weighted by Gasteiger charge is 2.17. The lowest BCUT2D eigenvalue weighted by atomic mass is 9.96. The van der Waals surface area contributed by atoms with Gasteiger partial charge in [0.2, 0.25) is 0 Å². The van der Waals surface area contributed by atoms with E-state index >= 15 is 0 Å². The molecule has 0 aliphatic carbocycles. The van der Waals surface area contributed by atoms with Gasteiger partial charge in [0.15, 0.2) is 0 Å². The Kier molecular flexibility index (Phi) is 9.18. The molecule has 0 aromatic heterocycles. The van der Waals surface area contributed by atoms with Gasteiger partial charge in [-0.15, -0.1) is 0 Å². The Labute approximate surface area is 219 Å². The number of hydrogen-bond acceptors (Lipinski definition) is 5. The zero-order valence-electron chi connectivity index (χ0n) is 22.0. The number of carbonyl (C=O) groups is 1. The second-order valence-electron chi connectivity index (χ2n) is 9.72. The molecule has 196 valence electrons. The molecule has 0 unspecified atom stereocenters. The molecule has 1 heterocycles. The number of halogens is 1. The van der Waals surface area contributed by atoms with Crippen molar-refractivity contribution in [3.05, 3.63) is 83.2 Å². The summed E-state index contributed by atoms with van der Waals surface area (Å²) in [6.07, 6.45) is 3.97. The van der Waals surface area contributed by atoms with Gasteiger partial charge in [0, 0.05) is 12.1 Å². The second-order valence-corrected chi connectivity index (χ2v) is 9.72. The third-order valence-electron chi connectivity index (χ3n) is 7.01. The third kappa shape index (κ3) is 7.10. The van der Waals surface area contributed by atoms with E-state index in [0.717, 1.165) is 47.6 Å². The van der Waals surface area contributed by atoms with Gasteiger partial charge in [-0.05, 0) is 84.4 Å². The number of benzene rings is 3. The van der Waals surface area contributed by atoms with E-state index in [1.165, 1.54) is 32.4 Å². The molecule has 1 saturated heterocycles. The minimum Gasteiger partial charge on any atom is -0.497 e. The maximum absolute atomic E-state index is 14.9. The maximum Gasteiger partial charge on any atom is 0.306 e. The lowest BCUT2D eigenvalue weighted by Crippen LogP contribution is -2.29. The van der Waals surface area contributed by atoms with Crippen LogP contribution in [-0.2, 0) is 22.7 Å². The molecular weight excluding hydrogens is 469 g/mol. The molecular formula is C31H36FNO4. The van der Waals surface area contributed by atoms with E-state index in [9.17, 15) is 9.18 Å². The highest BCUT2D eigenvalue weighted by molar-refractivity contribution is 5.70. The maximum atomic E-state index is 14.9. The second kappa shape index (κ2) is 12.7. The first-order valence-electron chi connectivity index (χ1n) is 12.9. The predicted octanol–water partition coefficient (Wildman–Crippen LogP) is 6.73. The summed E-state index contributed by atoms with van der Waals surface area (Å²) in [5.41, 5.74) is 4.55. The number of piperidine rings is 1. The van der Waals surface area contributed by atoms with Gasteiger partial charge in [0.1, 0.15) is 23.9 Å². The minimum atomic E-state index is -0.261. The zero-order valence-corrected chi connectivity index (χ0v) is 22.0. The van der Waals surface area contributed by atoms with Crippen LogP contribution < -0.4 is 9.47 Å². The van der Waals surface area contributed by atoms with Crippen LogP contribution in [0.3, 0.4) is 0 Å². The van der Waals surface area contributed by atoms with Crippen LogP contribution in [0, 0.1) is 5.82 Å². The average molecular weight is 506 g/mol. The van der Waals surface area contributed by atoms with Crippen LogP contribution in [0.15, 0.2) is 60.7 Å². The molecule has 0 N–H and O–H groups in total. The molecule has 1 atom stereocenters. The molecule has 37 heavy (non-hydrogen) atoms. The summed E-state index contributed by atoms with van der Waals surface area (Å²) in [6, 6.07) is 18.8. The van der Waals surface area contributed by atoms with Crippen molar-refractivity contribution >= 4 is 5.97 Å². The molecule has 0 amide bonds. The molecule has 1 aliphatic rings. The Morgan fingerprint density at radius 1 is 0.946 bits per heavy atom. The zero-order chi connectivity index (χ0) is 26.2. The molecule has 1 aliphatic heterocycles. The normalized spacial score (nSPS) is 14.7. The van der Waals surface area contributed by atoms with Crippen molar-refractivity contribution in [1.29, 1.82) is 0 Å². The van der Waals surface area contributed by atoms with E-state index in [-0.39, 0.29) is 17.7 Å². The van der Waals surface area contributed by atoms with Crippen molar-refractivity contribution in [2.45, 2.75) is 51.7 Å². The summed E-state index contributed by atoms with van der Waals surface area (Å²) in [4.78, 5) is 14.1. The van der Waals surface area contributed by atoms with Gasteiger partial charge in [0.05, 0.1) is 20.6 Å². The summed E-state index contributed by atoms with van der Waals surface area (Å²) in [7, 11) is 3.00. The molecule has 3 aromatic rings. The predicted molar refractivity (Wildman–Crippen MR) is 143 cm³/mol. The van der Waals surface area contributed by atoms with Crippen LogP contribution in [0.25, 0.3) is 11.1 Å². The SMILES string of the molecule is COC(=O)C[C@@H](C)c1cccc(OCc2ccc(-c3cc(OC)ccc3F)c(CN3CCCCC3)c2)c1. The first-order chi connectivity index (χ1) is 18.0. The largest absolute Gasteiger partial charge is 0.497 e. The molecule has 0 spiro atoms. The number of methoxy groups -OCH3 is 2. The van der Waals surface area contributed by atoms with Gasteiger partial charge < -0.3 is 14.2 Å². The van der Waals surface area contributed by atoms with Crippen LogP contribution in [0.5, 0.6) is 11.5 Å². The van der Waals surface area contributed by atoms with E-state index < -0.39 is 0 Å². The number of nitrogens with zero attached hydrogens (tertiary/aromatic N) is 1. The van der Waals surface area contributed by atoms with Crippen molar-refractivity contribution in [1.82, 2.24) is 4.90 Å². The minimum absolute atomic E-state index is 0.0317. The molecule has 1 fully saturated rings. The number of carbonyl (C=O) groups excluding carboxylic acids is 1. The Balaban J connectivity index is 1.56. The fourth-order valence-corrected chi connectivity index (χ4v) is 4.86. The van der Waals surface area contributed by atoms with E-state index in [0.29, 0.717) is 24.3 Å². The topological polar surface area (TPSA) is 48.0 Å². The Morgan fingerprint density at radius 2 is 1.76 bits per heavy atom. The van der Waals surface area contributed by atoms with E-state index in [1.807, 2.05) is 43.3 Å². The highest BCUT2D eigenvalue weighted by Crippen LogP contribution is 2.32. The molecule has 6 heteroatoms. The molecule has 3 aromatic carbocycles. The van der Waals surface area contributed by atoms with Crippen molar-refractivity contribution in [2.24, 2.45) is 0 Å². The molecule has 5 nitrogen and oxygen atoms in total. The van der Waals surface area contributed by atoms with Crippen LogP contribution >= 0.6 is 0 Å². The van der Waals surface area contributed by atoms with Gasteiger partial charge in [-0.2, -0.15) is 0 Å². The van der Waals surface area contributed by atoms with Crippen LogP contribution in [0.2, 0.25) is 0 Å². The average Bonchev–Trinajstić information content (AvgIpc) is 2.93. The first-order valence-corrected chi connectivity index (χ1v) is 12.9. The highest BCUT2D eigenvalue weighted by atomic mass is 19.1. The van der Waals surface area contributed by atoms with Gasteiger partial charge in [-0.1, -0.05) is 43.7 Å². The fraction of sp³-hybridized carbons (Fsp3) is 0.387. The molecule has 4 rings (SSSR count). The van der Waals surface area contributed by atoms with Gasteiger partial charge >= 0.3 is 5.97 Å².